The van der Waals surface area contributed by atoms with Crippen LogP contribution in [-0.4, -0.2) is 49.3 Å². The molecular formula is C10H13IN2O2S. The number of nitrogens with zero attached hydrogens (tertiary/aromatic N) is 2. The largest absolute Gasteiger partial charge is 0.347 e. The van der Waals surface area contributed by atoms with Gasteiger partial charge in [0, 0.05) is 26.5 Å². The molecule has 0 aliphatic rings. The summed E-state index contributed by atoms with van der Waals surface area (Å²) in [7, 11) is 4.98. The van der Waals surface area contributed by atoms with Crippen molar-refractivity contribution in [1.82, 2.24) is 9.80 Å². The minimum Gasteiger partial charge on any atom is -0.347 e. The van der Waals surface area contributed by atoms with Gasteiger partial charge in [-0.2, -0.15) is 0 Å². The summed E-state index contributed by atoms with van der Waals surface area (Å²) >= 11 is 3.69. The Morgan fingerprint density at radius 3 is 2.44 bits per heavy atom. The lowest BCUT2D eigenvalue weighted by Gasteiger charge is -2.18. The number of halogens is 1. The Morgan fingerprint density at radius 1 is 1.38 bits per heavy atom. The Morgan fingerprint density at radius 2 is 2.00 bits per heavy atom. The molecular weight excluding hydrogens is 339 g/mol. The van der Waals surface area contributed by atoms with Crippen molar-refractivity contribution in [2.75, 3.05) is 27.7 Å². The van der Waals surface area contributed by atoms with Gasteiger partial charge >= 0.3 is 0 Å². The third kappa shape index (κ3) is 3.44. The van der Waals surface area contributed by atoms with Crippen molar-refractivity contribution in [2.24, 2.45) is 0 Å². The van der Waals surface area contributed by atoms with E-state index in [1.54, 1.807) is 26.5 Å². The minimum absolute atomic E-state index is 0.0826. The van der Waals surface area contributed by atoms with Crippen LogP contribution in [0.15, 0.2) is 11.4 Å². The number of likely N-dealkylation sites (N-methyl/N-ethyl adjacent to an activating group) is 2. The van der Waals surface area contributed by atoms with Crippen molar-refractivity contribution in [3.05, 3.63) is 19.9 Å². The van der Waals surface area contributed by atoms with E-state index >= 15 is 0 Å². The van der Waals surface area contributed by atoms with E-state index < -0.39 is 0 Å². The molecule has 0 unspecified atom stereocenters. The van der Waals surface area contributed by atoms with Crippen LogP contribution < -0.4 is 0 Å². The standard InChI is InChI=1S/C10H13IN2O2S/c1-12(2)9(14)5-13(3)10(15)7-4-8(11)16-6-7/h4,6H,5H2,1-3H3. The SMILES string of the molecule is CN(C)C(=O)CN(C)C(=O)c1csc(I)c1. The average Bonchev–Trinajstić information content (AvgIpc) is 2.63. The highest BCUT2D eigenvalue weighted by atomic mass is 127. The van der Waals surface area contributed by atoms with Gasteiger partial charge in [0.25, 0.3) is 5.91 Å². The lowest BCUT2D eigenvalue weighted by molar-refractivity contribution is -0.129. The summed E-state index contributed by atoms with van der Waals surface area (Å²) < 4.78 is 1.06. The molecule has 0 N–H and O–H groups in total. The van der Waals surface area contributed by atoms with Crippen molar-refractivity contribution in [1.29, 1.82) is 0 Å². The second-order valence-electron chi connectivity index (χ2n) is 3.59. The maximum atomic E-state index is 11.9. The van der Waals surface area contributed by atoms with Gasteiger partial charge in [-0.3, -0.25) is 9.59 Å². The highest BCUT2D eigenvalue weighted by molar-refractivity contribution is 14.1. The number of amides is 2. The van der Waals surface area contributed by atoms with Crippen LogP contribution in [-0.2, 0) is 4.79 Å². The van der Waals surface area contributed by atoms with E-state index in [0.717, 1.165) is 2.88 Å². The Labute approximate surface area is 112 Å². The fourth-order valence-corrected chi connectivity index (χ4v) is 2.38. The number of carbonyl (C=O) groups excluding carboxylic acids is 2. The van der Waals surface area contributed by atoms with E-state index in [9.17, 15) is 9.59 Å². The molecule has 1 rings (SSSR count). The van der Waals surface area contributed by atoms with E-state index in [1.165, 1.54) is 21.1 Å². The molecule has 2 amide bonds. The van der Waals surface area contributed by atoms with Crippen LogP contribution in [0.4, 0.5) is 0 Å². The number of hydrogen-bond donors (Lipinski definition) is 0. The number of hydrogen-bond acceptors (Lipinski definition) is 3. The summed E-state index contributed by atoms with van der Waals surface area (Å²) in [4.78, 5) is 26.2. The highest BCUT2D eigenvalue weighted by Gasteiger charge is 2.16. The molecule has 0 radical (unpaired) electrons. The van der Waals surface area contributed by atoms with Gasteiger partial charge in [-0.05, 0) is 28.7 Å². The minimum atomic E-state index is -0.116. The normalized spacial score (nSPS) is 10.0. The molecule has 16 heavy (non-hydrogen) atoms. The Balaban J connectivity index is 2.65. The van der Waals surface area contributed by atoms with Gasteiger partial charge in [0.2, 0.25) is 5.91 Å². The molecule has 6 heteroatoms. The van der Waals surface area contributed by atoms with Crippen molar-refractivity contribution < 1.29 is 9.59 Å². The van der Waals surface area contributed by atoms with Gasteiger partial charge < -0.3 is 9.80 Å². The maximum Gasteiger partial charge on any atom is 0.254 e. The van der Waals surface area contributed by atoms with Gasteiger partial charge in [0.1, 0.15) is 0 Å². The van der Waals surface area contributed by atoms with Gasteiger partial charge in [0.05, 0.1) is 15.0 Å². The predicted molar refractivity (Wildman–Crippen MR) is 72.7 cm³/mol. The van der Waals surface area contributed by atoms with Crippen LogP contribution in [0, 0.1) is 2.88 Å². The van der Waals surface area contributed by atoms with E-state index in [2.05, 4.69) is 22.6 Å². The summed E-state index contributed by atoms with van der Waals surface area (Å²) in [6.45, 7) is 0.109. The monoisotopic (exact) mass is 352 g/mol. The van der Waals surface area contributed by atoms with Crippen LogP contribution in [0.2, 0.25) is 0 Å². The molecule has 0 aromatic carbocycles. The number of carbonyl (C=O) groups is 2. The average molecular weight is 352 g/mol. The molecule has 0 atom stereocenters. The first-order valence-electron chi connectivity index (χ1n) is 4.61. The van der Waals surface area contributed by atoms with Crippen LogP contribution >= 0.6 is 33.9 Å². The molecule has 1 heterocycles. The lowest BCUT2D eigenvalue weighted by atomic mass is 10.3. The second-order valence-corrected chi connectivity index (χ2v) is 6.39. The predicted octanol–water partition coefficient (Wildman–Crippen LogP) is 1.51. The molecule has 0 fully saturated rings. The molecule has 0 saturated carbocycles. The number of thiophene rings is 1. The Bertz CT molecular complexity index is 403. The molecule has 4 nitrogen and oxygen atoms in total. The first-order chi connectivity index (χ1) is 7.41. The summed E-state index contributed by atoms with van der Waals surface area (Å²) in [5.41, 5.74) is 0.642. The molecule has 1 aromatic heterocycles. The van der Waals surface area contributed by atoms with Crippen LogP contribution in [0.1, 0.15) is 10.4 Å². The van der Waals surface area contributed by atoms with Crippen molar-refractivity contribution in [3.8, 4) is 0 Å². The topological polar surface area (TPSA) is 40.6 Å². The first-order valence-corrected chi connectivity index (χ1v) is 6.57. The van der Waals surface area contributed by atoms with Gasteiger partial charge in [-0.15, -0.1) is 11.3 Å². The zero-order chi connectivity index (χ0) is 12.3. The molecule has 0 aliphatic carbocycles. The van der Waals surface area contributed by atoms with Gasteiger partial charge in [0.15, 0.2) is 0 Å². The van der Waals surface area contributed by atoms with Crippen molar-refractivity contribution in [2.45, 2.75) is 0 Å². The Hall–Kier alpha value is -0.630. The van der Waals surface area contributed by atoms with Gasteiger partial charge in [-0.1, -0.05) is 0 Å². The summed E-state index contributed by atoms with van der Waals surface area (Å²) in [5, 5.41) is 1.81. The maximum absolute atomic E-state index is 11.9. The molecule has 0 saturated heterocycles. The van der Waals surface area contributed by atoms with Crippen LogP contribution in [0.25, 0.3) is 0 Å². The lowest BCUT2D eigenvalue weighted by Crippen LogP contribution is -2.37. The van der Waals surface area contributed by atoms with E-state index in [4.69, 9.17) is 0 Å². The van der Waals surface area contributed by atoms with Gasteiger partial charge in [-0.25, -0.2) is 0 Å². The fraction of sp³-hybridized carbons (Fsp3) is 0.400. The van der Waals surface area contributed by atoms with E-state index in [1.807, 2.05) is 6.07 Å². The highest BCUT2D eigenvalue weighted by Crippen LogP contribution is 2.17. The quantitative estimate of drug-likeness (QED) is 0.774. The molecule has 0 bridgehead atoms. The zero-order valence-corrected chi connectivity index (χ0v) is 12.3. The fourth-order valence-electron chi connectivity index (χ4n) is 1.06. The Kier molecular flexibility index (Phi) is 4.72. The smallest absolute Gasteiger partial charge is 0.254 e. The zero-order valence-electron chi connectivity index (χ0n) is 9.36. The second kappa shape index (κ2) is 5.62. The van der Waals surface area contributed by atoms with Crippen molar-refractivity contribution in [3.63, 3.8) is 0 Å². The molecule has 0 aliphatic heterocycles. The van der Waals surface area contributed by atoms with E-state index in [0.29, 0.717) is 5.56 Å². The van der Waals surface area contributed by atoms with Crippen molar-refractivity contribution >= 4 is 45.7 Å². The molecule has 0 spiro atoms. The summed E-state index contributed by atoms with van der Waals surface area (Å²) in [6, 6.07) is 1.82. The first kappa shape index (κ1) is 13.4. The van der Waals surface area contributed by atoms with E-state index in [-0.39, 0.29) is 18.4 Å². The molecule has 1 aromatic rings. The number of rotatable bonds is 3. The molecule has 88 valence electrons. The third-order valence-electron chi connectivity index (χ3n) is 2.03. The summed E-state index contributed by atoms with van der Waals surface area (Å²) in [5.74, 6) is -0.199. The van der Waals surface area contributed by atoms with Crippen LogP contribution in [0.3, 0.4) is 0 Å². The third-order valence-corrected chi connectivity index (χ3v) is 3.82. The summed E-state index contributed by atoms with van der Waals surface area (Å²) in [6.07, 6.45) is 0. The van der Waals surface area contributed by atoms with Crippen LogP contribution in [0.5, 0.6) is 0 Å².